The predicted molar refractivity (Wildman–Crippen MR) is 82.5 cm³/mol. The van der Waals surface area contributed by atoms with Gasteiger partial charge in [0.15, 0.2) is 0 Å². The zero-order valence-corrected chi connectivity index (χ0v) is 13.4. The van der Waals surface area contributed by atoms with Crippen molar-refractivity contribution in [1.29, 1.82) is 0 Å². The standard InChI is InChI=1S/C13H25N3O4S/c1-19-7-4-14-2-3-15-12(17)10-21-11-13(18)16-5-8-20-9-6-16/h14H,2-11H2,1H3,(H,15,17). The molecule has 0 aromatic rings. The van der Waals surface area contributed by atoms with Gasteiger partial charge in [0.2, 0.25) is 11.8 Å². The number of carbonyl (C=O) groups is 2. The molecule has 0 unspecified atom stereocenters. The van der Waals surface area contributed by atoms with Gasteiger partial charge in [-0.2, -0.15) is 0 Å². The van der Waals surface area contributed by atoms with Gasteiger partial charge in [-0.15, -0.1) is 11.8 Å². The molecule has 0 aromatic heterocycles. The molecule has 1 saturated heterocycles. The molecule has 0 radical (unpaired) electrons. The van der Waals surface area contributed by atoms with E-state index in [0.29, 0.717) is 57.5 Å². The Labute approximate surface area is 130 Å². The van der Waals surface area contributed by atoms with Gasteiger partial charge in [0, 0.05) is 39.8 Å². The number of amides is 2. The molecule has 122 valence electrons. The van der Waals surface area contributed by atoms with Gasteiger partial charge in [0.25, 0.3) is 0 Å². The Bertz CT molecular complexity index is 312. The molecule has 0 spiro atoms. The molecule has 1 heterocycles. The van der Waals surface area contributed by atoms with Gasteiger partial charge in [0.05, 0.1) is 31.3 Å². The van der Waals surface area contributed by atoms with Gasteiger partial charge in [-0.05, 0) is 0 Å². The summed E-state index contributed by atoms with van der Waals surface area (Å²) in [5, 5.41) is 5.94. The van der Waals surface area contributed by atoms with E-state index in [4.69, 9.17) is 9.47 Å². The molecule has 1 aliphatic heterocycles. The molecule has 2 N–H and O–H groups in total. The van der Waals surface area contributed by atoms with Gasteiger partial charge in [-0.25, -0.2) is 0 Å². The Morgan fingerprint density at radius 1 is 1.19 bits per heavy atom. The molecule has 0 saturated carbocycles. The van der Waals surface area contributed by atoms with E-state index in [2.05, 4.69) is 10.6 Å². The van der Waals surface area contributed by atoms with Crippen LogP contribution < -0.4 is 10.6 Å². The summed E-state index contributed by atoms with van der Waals surface area (Å²) in [5.74, 6) is 0.703. The van der Waals surface area contributed by atoms with Crippen molar-refractivity contribution in [2.24, 2.45) is 0 Å². The lowest BCUT2D eigenvalue weighted by Crippen LogP contribution is -2.41. The molecule has 2 amide bonds. The Morgan fingerprint density at radius 3 is 2.67 bits per heavy atom. The number of nitrogens with zero attached hydrogens (tertiary/aromatic N) is 1. The van der Waals surface area contributed by atoms with Crippen molar-refractivity contribution in [1.82, 2.24) is 15.5 Å². The van der Waals surface area contributed by atoms with Crippen LogP contribution in [0.1, 0.15) is 0 Å². The van der Waals surface area contributed by atoms with Gasteiger partial charge in [-0.3, -0.25) is 9.59 Å². The van der Waals surface area contributed by atoms with Crippen LogP contribution in [-0.2, 0) is 19.1 Å². The van der Waals surface area contributed by atoms with E-state index >= 15 is 0 Å². The summed E-state index contributed by atoms with van der Waals surface area (Å²) in [5.41, 5.74) is 0. The molecule has 1 aliphatic rings. The first-order chi connectivity index (χ1) is 10.2. The minimum Gasteiger partial charge on any atom is -0.383 e. The average molecular weight is 319 g/mol. The van der Waals surface area contributed by atoms with Crippen molar-refractivity contribution in [3.63, 3.8) is 0 Å². The van der Waals surface area contributed by atoms with Crippen molar-refractivity contribution in [2.75, 3.05) is 71.2 Å². The van der Waals surface area contributed by atoms with Crippen LogP contribution >= 0.6 is 11.8 Å². The number of methoxy groups -OCH3 is 1. The molecule has 1 rings (SSSR count). The van der Waals surface area contributed by atoms with Gasteiger partial charge < -0.3 is 25.0 Å². The number of carbonyl (C=O) groups excluding carboxylic acids is 2. The molecular weight excluding hydrogens is 294 g/mol. The van der Waals surface area contributed by atoms with Crippen LogP contribution in [0.2, 0.25) is 0 Å². The van der Waals surface area contributed by atoms with Gasteiger partial charge in [0.1, 0.15) is 0 Å². The monoisotopic (exact) mass is 319 g/mol. The molecule has 8 heteroatoms. The molecule has 7 nitrogen and oxygen atoms in total. The van der Waals surface area contributed by atoms with Crippen molar-refractivity contribution < 1.29 is 19.1 Å². The largest absolute Gasteiger partial charge is 0.383 e. The molecular formula is C13H25N3O4S. The smallest absolute Gasteiger partial charge is 0.232 e. The summed E-state index contributed by atoms with van der Waals surface area (Å²) in [6, 6.07) is 0. The Balaban J connectivity index is 1.96. The lowest BCUT2D eigenvalue weighted by Gasteiger charge is -2.26. The van der Waals surface area contributed by atoms with Crippen molar-refractivity contribution in [2.45, 2.75) is 0 Å². The maximum atomic E-state index is 11.8. The van der Waals surface area contributed by atoms with E-state index in [9.17, 15) is 9.59 Å². The quantitative estimate of drug-likeness (QED) is 0.499. The van der Waals surface area contributed by atoms with Crippen LogP contribution in [0.15, 0.2) is 0 Å². The normalized spacial score (nSPS) is 15.0. The minimum atomic E-state index is -0.0386. The van der Waals surface area contributed by atoms with Gasteiger partial charge in [-0.1, -0.05) is 0 Å². The van der Waals surface area contributed by atoms with Crippen molar-refractivity contribution in [3.8, 4) is 0 Å². The fourth-order valence-corrected chi connectivity index (χ4v) is 2.52. The molecule has 21 heavy (non-hydrogen) atoms. The summed E-state index contributed by atoms with van der Waals surface area (Å²) in [7, 11) is 1.65. The van der Waals surface area contributed by atoms with Crippen LogP contribution in [0.4, 0.5) is 0 Å². The van der Waals surface area contributed by atoms with E-state index < -0.39 is 0 Å². The Kier molecular flexibility index (Phi) is 10.2. The van der Waals surface area contributed by atoms with E-state index in [1.807, 2.05) is 0 Å². The first-order valence-electron chi connectivity index (χ1n) is 7.13. The number of hydrogen-bond donors (Lipinski definition) is 2. The highest BCUT2D eigenvalue weighted by Gasteiger charge is 2.16. The molecule has 0 aliphatic carbocycles. The second-order valence-corrected chi connectivity index (χ2v) is 5.56. The number of rotatable bonds is 10. The maximum absolute atomic E-state index is 11.8. The summed E-state index contributed by atoms with van der Waals surface area (Å²) >= 11 is 1.35. The third-order valence-electron chi connectivity index (χ3n) is 2.93. The van der Waals surface area contributed by atoms with Crippen LogP contribution in [0, 0.1) is 0 Å². The van der Waals surface area contributed by atoms with E-state index in [-0.39, 0.29) is 11.8 Å². The lowest BCUT2D eigenvalue weighted by atomic mass is 10.4. The van der Waals surface area contributed by atoms with Crippen LogP contribution in [0.3, 0.4) is 0 Å². The summed E-state index contributed by atoms with van der Waals surface area (Å²) < 4.78 is 10.1. The van der Waals surface area contributed by atoms with Crippen molar-refractivity contribution in [3.05, 3.63) is 0 Å². The lowest BCUT2D eigenvalue weighted by molar-refractivity contribution is -0.132. The molecule has 0 bridgehead atoms. The Morgan fingerprint density at radius 2 is 1.95 bits per heavy atom. The molecule has 0 atom stereocenters. The number of thioether (sulfide) groups is 1. The van der Waals surface area contributed by atoms with Crippen LogP contribution in [-0.4, -0.2) is 87.9 Å². The van der Waals surface area contributed by atoms with Crippen LogP contribution in [0.5, 0.6) is 0 Å². The number of nitrogens with one attached hydrogen (secondary N) is 2. The number of ether oxygens (including phenoxy) is 2. The first kappa shape index (κ1) is 18.2. The van der Waals surface area contributed by atoms with E-state index in [1.54, 1.807) is 12.0 Å². The molecule has 0 aromatic carbocycles. The second kappa shape index (κ2) is 11.8. The van der Waals surface area contributed by atoms with E-state index in [0.717, 1.165) is 6.54 Å². The Hall–Kier alpha value is -0.830. The highest BCUT2D eigenvalue weighted by atomic mass is 32.2. The third kappa shape index (κ3) is 8.92. The highest BCUT2D eigenvalue weighted by molar-refractivity contribution is 8.00. The maximum Gasteiger partial charge on any atom is 0.232 e. The SMILES string of the molecule is COCCNCCNC(=O)CSCC(=O)N1CCOCC1. The average Bonchev–Trinajstić information content (AvgIpc) is 2.51. The minimum absolute atomic E-state index is 0.0386. The first-order valence-corrected chi connectivity index (χ1v) is 8.29. The van der Waals surface area contributed by atoms with Crippen molar-refractivity contribution >= 4 is 23.6 Å². The van der Waals surface area contributed by atoms with Crippen LogP contribution in [0.25, 0.3) is 0 Å². The van der Waals surface area contributed by atoms with E-state index in [1.165, 1.54) is 11.8 Å². The number of hydrogen-bond acceptors (Lipinski definition) is 6. The summed E-state index contributed by atoms with van der Waals surface area (Å²) in [4.78, 5) is 25.2. The highest BCUT2D eigenvalue weighted by Crippen LogP contribution is 2.04. The molecule has 1 fully saturated rings. The number of morpholine rings is 1. The fourth-order valence-electron chi connectivity index (χ4n) is 1.78. The third-order valence-corrected chi connectivity index (χ3v) is 3.85. The zero-order valence-electron chi connectivity index (χ0n) is 12.6. The topological polar surface area (TPSA) is 79.9 Å². The fraction of sp³-hybridized carbons (Fsp3) is 0.846. The summed E-state index contributed by atoms with van der Waals surface area (Å²) in [6.45, 7) is 5.24. The predicted octanol–water partition coefficient (Wildman–Crippen LogP) is -1.07. The zero-order chi connectivity index (χ0) is 15.3. The van der Waals surface area contributed by atoms with Gasteiger partial charge >= 0.3 is 0 Å². The summed E-state index contributed by atoms with van der Waals surface area (Å²) in [6.07, 6.45) is 0. The second-order valence-electron chi connectivity index (χ2n) is 4.58.